The molecular formula is C20H21ClN2O. The maximum Gasteiger partial charge on any atom is 0.220 e. The van der Waals surface area contributed by atoms with Crippen molar-refractivity contribution in [2.75, 3.05) is 0 Å². The molecule has 0 spiro atoms. The van der Waals surface area contributed by atoms with E-state index in [0.717, 1.165) is 18.4 Å². The van der Waals surface area contributed by atoms with Crippen molar-refractivity contribution >= 4 is 28.4 Å². The number of para-hydroxylation sites is 1. The van der Waals surface area contributed by atoms with E-state index in [4.69, 9.17) is 11.6 Å². The molecule has 24 heavy (non-hydrogen) atoms. The zero-order valence-electron chi connectivity index (χ0n) is 13.8. The number of halogens is 1. The molecule has 3 aromatic rings. The molecule has 0 aliphatic heterocycles. The molecule has 0 bridgehead atoms. The molecular weight excluding hydrogens is 320 g/mol. The highest BCUT2D eigenvalue weighted by molar-refractivity contribution is 6.30. The number of carbonyl (C=O) groups is 1. The SMILES string of the molecule is Cn1cc(CCCC(=O)NCc2cccc(Cl)c2)c2ccccc21. The summed E-state index contributed by atoms with van der Waals surface area (Å²) in [5.74, 6) is 0.0789. The van der Waals surface area contributed by atoms with Crippen molar-refractivity contribution in [2.45, 2.75) is 25.8 Å². The lowest BCUT2D eigenvalue weighted by molar-refractivity contribution is -0.121. The molecule has 0 saturated heterocycles. The molecule has 2 aromatic carbocycles. The third-order valence-corrected chi connectivity index (χ3v) is 4.44. The van der Waals surface area contributed by atoms with Crippen LogP contribution in [0.4, 0.5) is 0 Å². The van der Waals surface area contributed by atoms with Crippen LogP contribution in [0.2, 0.25) is 5.02 Å². The van der Waals surface area contributed by atoms with Crippen molar-refractivity contribution < 1.29 is 4.79 Å². The van der Waals surface area contributed by atoms with Gasteiger partial charge in [-0.25, -0.2) is 0 Å². The number of aryl methyl sites for hydroxylation is 2. The smallest absolute Gasteiger partial charge is 0.220 e. The van der Waals surface area contributed by atoms with E-state index >= 15 is 0 Å². The van der Waals surface area contributed by atoms with Gasteiger partial charge in [0, 0.05) is 42.1 Å². The van der Waals surface area contributed by atoms with Gasteiger partial charge in [0.05, 0.1) is 0 Å². The van der Waals surface area contributed by atoms with Gasteiger partial charge in [0.25, 0.3) is 0 Å². The second kappa shape index (κ2) is 7.54. The van der Waals surface area contributed by atoms with Crippen LogP contribution in [-0.4, -0.2) is 10.5 Å². The number of nitrogens with one attached hydrogen (secondary N) is 1. The van der Waals surface area contributed by atoms with Crippen LogP contribution >= 0.6 is 11.6 Å². The van der Waals surface area contributed by atoms with Gasteiger partial charge in [-0.1, -0.05) is 41.9 Å². The van der Waals surface area contributed by atoms with Crippen molar-refractivity contribution in [3.05, 3.63) is 70.9 Å². The number of hydrogen-bond acceptors (Lipinski definition) is 1. The van der Waals surface area contributed by atoms with Crippen LogP contribution in [0, 0.1) is 0 Å². The lowest BCUT2D eigenvalue weighted by Gasteiger charge is -2.06. The minimum atomic E-state index is 0.0789. The molecule has 3 nitrogen and oxygen atoms in total. The van der Waals surface area contributed by atoms with E-state index in [1.807, 2.05) is 24.3 Å². The van der Waals surface area contributed by atoms with Crippen LogP contribution in [0.15, 0.2) is 54.7 Å². The molecule has 1 amide bonds. The average molecular weight is 341 g/mol. The summed E-state index contributed by atoms with van der Waals surface area (Å²) < 4.78 is 2.14. The van der Waals surface area contributed by atoms with Gasteiger partial charge in [0.1, 0.15) is 0 Å². The highest BCUT2D eigenvalue weighted by Gasteiger charge is 2.07. The van der Waals surface area contributed by atoms with Gasteiger partial charge in [-0.3, -0.25) is 4.79 Å². The maximum absolute atomic E-state index is 12.0. The first-order valence-electron chi connectivity index (χ1n) is 8.17. The summed E-state index contributed by atoms with van der Waals surface area (Å²) in [5.41, 5.74) is 3.55. The highest BCUT2D eigenvalue weighted by Crippen LogP contribution is 2.21. The van der Waals surface area contributed by atoms with E-state index in [1.54, 1.807) is 0 Å². The maximum atomic E-state index is 12.0. The summed E-state index contributed by atoms with van der Waals surface area (Å²) in [6, 6.07) is 15.9. The van der Waals surface area contributed by atoms with Crippen LogP contribution in [0.3, 0.4) is 0 Å². The zero-order valence-corrected chi connectivity index (χ0v) is 14.5. The number of rotatable bonds is 6. The van der Waals surface area contributed by atoms with Crippen molar-refractivity contribution in [1.82, 2.24) is 9.88 Å². The molecule has 0 radical (unpaired) electrons. The Bertz CT molecular complexity index is 854. The van der Waals surface area contributed by atoms with Crippen LogP contribution < -0.4 is 5.32 Å². The van der Waals surface area contributed by atoms with Crippen molar-refractivity contribution in [1.29, 1.82) is 0 Å². The van der Waals surface area contributed by atoms with Gasteiger partial charge in [-0.2, -0.15) is 0 Å². The van der Waals surface area contributed by atoms with E-state index in [2.05, 4.69) is 47.4 Å². The largest absolute Gasteiger partial charge is 0.352 e. The average Bonchev–Trinajstić information content (AvgIpc) is 2.90. The minimum Gasteiger partial charge on any atom is -0.352 e. The molecule has 0 aliphatic rings. The number of amides is 1. The Balaban J connectivity index is 1.50. The first kappa shape index (κ1) is 16.6. The van der Waals surface area contributed by atoms with Gasteiger partial charge in [0.2, 0.25) is 5.91 Å². The molecule has 0 fully saturated rings. The molecule has 4 heteroatoms. The third kappa shape index (κ3) is 3.98. The quantitative estimate of drug-likeness (QED) is 0.705. The molecule has 1 N–H and O–H groups in total. The fraction of sp³-hybridized carbons (Fsp3) is 0.250. The zero-order chi connectivity index (χ0) is 16.9. The van der Waals surface area contributed by atoms with E-state index in [1.165, 1.54) is 16.5 Å². The third-order valence-electron chi connectivity index (χ3n) is 4.21. The van der Waals surface area contributed by atoms with E-state index in [0.29, 0.717) is 18.0 Å². The summed E-state index contributed by atoms with van der Waals surface area (Å²) in [7, 11) is 2.06. The number of aromatic nitrogens is 1. The molecule has 0 saturated carbocycles. The fourth-order valence-corrected chi connectivity index (χ4v) is 3.21. The predicted octanol–water partition coefficient (Wildman–Crippen LogP) is 4.47. The van der Waals surface area contributed by atoms with Crippen LogP contribution in [0.1, 0.15) is 24.0 Å². The first-order chi connectivity index (χ1) is 11.6. The lowest BCUT2D eigenvalue weighted by Crippen LogP contribution is -2.22. The van der Waals surface area contributed by atoms with E-state index in [9.17, 15) is 4.79 Å². The topological polar surface area (TPSA) is 34.0 Å². The second-order valence-electron chi connectivity index (χ2n) is 6.04. The molecule has 1 aromatic heterocycles. The summed E-state index contributed by atoms with van der Waals surface area (Å²) in [6.45, 7) is 0.521. The molecule has 0 aliphatic carbocycles. The van der Waals surface area contributed by atoms with Crippen LogP contribution in [0.25, 0.3) is 10.9 Å². The fourth-order valence-electron chi connectivity index (χ4n) is 3.00. The number of hydrogen-bond donors (Lipinski definition) is 1. The highest BCUT2D eigenvalue weighted by atomic mass is 35.5. The minimum absolute atomic E-state index is 0.0789. The number of nitrogens with zero attached hydrogens (tertiary/aromatic N) is 1. The van der Waals surface area contributed by atoms with Gasteiger partial charge in [-0.15, -0.1) is 0 Å². The van der Waals surface area contributed by atoms with E-state index in [-0.39, 0.29) is 5.91 Å². The molecule has 0 unspecified atom stereocenters. The van der Waals surface area contributed by atoms with Gasteiger partial charge in [-0.05, 0) is 42.2 Å². The van der Waals surface area contributed by atoms with Crippen molar-refractivity contribution in [3.63, 3.8) is 0 Å². The molecule has 124 valence electrons. The predicted molar refractivity (Wildman–Crippen MR) is 99.2 cm³/mol. The standard InChI is InChI=1S/C20H21ClN2O/c1-23-14-16(18-9-2-3-10-19(18)23)7-5-11-20(24)22-13-15-6-4-8-17(21)12-15/h2-4,6,8-10,12,14H,5,7,11,13H2,1H3,(H,22,24). The molecule has 1 heterocycles. The number of fused-ring (bicyclic) bond motifs is 1. The summed E-state index contributed by atoms with van der Waals surface area (Å²) in [5, 5.41) is 4.92. The van der Waals surface area contributed by atoms with Crippen molar-refractivity contribution in [3.8, 4) is 0 Å². The summed E-state index contributed by atoms with van der Waals surface area (Å²) in [4.78, 5) is 12.0. The number of benzene rings is 2. The van der Waals surface area contributed by atoms with Crippen LogP contribution in [0.5, 0.6) is 0 Å². The van der Waals surface area contributed by atoms with Gasteiger partial charge < -0.3 is 9.88 Å². The Hall–Kier alpha value is -2.26. The monoisotopic (exact) mass is 340 g/mol. The second-order valence-corrected chi connectivity index (χ2v) is 6.48. The molecule has 3 rings (SSSR count). The van der Waals surface area contributed by atoms with Gasteiger partial charge >= 0.3 is 0 Å². The van der Waals surface area contributed by atoms with Crippen LogP contribution in [-0.2, 0) is 24.8 Å². The lowest BCUT2D eigenvalue weighted by atomic mass is 10.1. The van der Waals surface area contributed by atoms with Gasteiger partial charge in [0.15, 0.2) is 0 Å². The van der Waals surface area contributed by atoms with E-state index < -0.39 is 0 Å². The summed E-state index contributed by atoms with van der Waals surface area (Å²) in [6.07, 6.45) is 4.44. The normalized spacial score (nSPS) is 10.9. The Morgan fingerprint density at radius 1 is 1.17 bits per heavy atom. The number of carbonyl (C=O) groups excluding carboxylic acids is 1. The Labute approximate surface area is 147 Å². The Kier molecular flexibility index (Phi) is 5.21. The molecule has 0 atom stereocenters. The first-order valence-corrected chi connectivity index (χ1v) is 8.55. The Morgan fingerprint density at radius 2 is 2.00 bits per heavy atom. The Morgan fingerprint density at radius 3 is 2.83 bits per heavy atom. The summed E-state index contributed by atoms with van der Waals surface area (Å²) >= 11 is 5.95. The van der Waals surface area contributed by atoms with Crippen molar-refractivity contribution in [2.24, 2.45) is 7.05 Å².